The number of amides is 1. The molecule has 29 heavy (non-hydrogen) atoms. The average Bonchev–Trinajstić information content (AvgIpc) is 3.16. The maximum absolute atomic E-state index is 12.5. The van der Waals surface area contributed by atoms with Crippen LogP contribution >= 0.6 is 0 Å². The molecule has 2 N–H and O–H groups in total. The van der Waals surface area contributed by atoms with Crippen LogP contribution in [-0.4, -0.2) is 17.0 Å². The summed E-state index contributed by atoms with van der Waals surface area (Å²) in [5.41, 5.74) is 2.97. The summed E-state index contributed by atoms with van der Waals surface area (Å²) in [6.07, 6.45) is 1.33. The fourth-order valence-electron chi connectivity index (χ4n) is 2.89. The second-order valence-electron chi connectivity index (χ2n) is 6.50. The van der Waals surface area contributed by atoms with Crippen LogP contribution in [0.5, 0.6) is 0 Å². The number of carbonyl (C=O) groups is 2. The molecule has 0 bridgehead atoms. The highest BCUT2D eigenvalue weighted by Gasteiger charge is 2.15. The third-order valence-electron chi connectivity index (χ3n) is 4.33. The van der Waals surface area contributed by atoms with Gasteiger partial charge in [-0.15, -0.1) is 0 Å². The molecular formula is C23H18N2O4. The zero-order valence-electron chi connectivity index (χ0n) is 15.9. The highest BCUT2D eigenvalue weighted by atomic mass is 16.4. The molecule has 1 aromatic heterocycles. The molecular weight excluding hydrogens is 368 g/mol. The highest BCUT2D eigenvalue weighted by Crippen LogP contribution is 2.27. The number of hydrogen-bond donors (Lipinski definition) is 2. The van der Waals surface area contributed by atoms with E-state index < -0.39 is 11.9 Å². The van der Waals surface area contributed by atoms with Crippen LogP contribution in [0.3, 0.4) is 0 Å². The minimum Gasteiger partial charge on any atom is -0.478 e. The van der Waals surface area contributed by atoms with Crippen molar-refractivity contribution < 1.29 is 19.1 Å². The van der Waals surface area contributed by atoms with Gasteiger partial charge in [-0.3, -0.25) is 4.79 Å². The number of rotatable bonds is 5. The van der Waals surface area contributed by atoms with Crippen molar-refractivity contribution in [3.05, 3.63) is 82.6 Å². The Morgan fingerprint density at radius 2 is 1.86 bits per heavy atom. The number of aromatic carboxylic acids is 1. The minimum absolute atomic E-state index is 0.102. The molecule has 0 aliphatic carbocycles. The van der Waals surface area contributed by atoms with E-state index in [0.29, 0.717) is 17.0 Å². The van der Waals surface area contributed by atoms with Crippen LogP contribution in [0.1, 0.15) is 27.2 Å². The van der Waals surface area contributed by atoms with Crippen molar-refractivity contribution in [2.24, 2.45) is 0 Å². The summed E-state index contributed by atoms with van der Waals surface area (Å²) in [4.78, 5) is 23.9. The maximum Gasteiger partial charge on any atom is 0.336 e. The van der Waals surface area contributed by atoms with E-state index in [4.69, 9.17) is 4.42 Å². The Labute approximate surface area is 167 Å². The molecule has 0 atom stereocenters. The number of hydrogen-bond acceptors (Lipinski definition) is 4. The molecule has 3 rings (SSSR count). The molecule has 0 radical (unpaired) electrons. The van der Waals surface area contributed by atoms with Gasteiger partial charge in [0.1, 0.15) is 23.2 Å². The van der Waals surface area contributed by atoms with Crippen LogP contribution in [0.4, 0.5) is 5.69 Å². The van der Waals surface area contributed by atoms with Crippen LogP contribution in [0.15, 0.2) is 64.6 Å². The van der Waals surface area contributed by atoms with Crippen LogP contribution in [-0.2, 0) is 4.79 Å². The predicted octanol–water partition coefficient (Wildman–Crippen LogP) is 4.81. The van der Waals surface area contributed by atoms with Crippen LogP contribution in [0, 0.1) is 25.2 Å². The third kappa shape index (κ3) is 4.42. The Balaban J connectivity index is 1.86. The van der Waals surface area contributed by atoms with E-state index in [0.717, 1.165) is 11.1 Å². The van der Waals surface area contributed by atoms with Crippen molar-refractivity contribution in [2.75, 3.05) is 5.32 Å². The summed E-state index contributed by atoms with van der Waals surface area (Å²) in [6.45, 7) is 3.83. The SMILES string of the molecule is Cc1ccc(NC(=O)/C(C#N)=C\c2ccc(-c3ccccc3C(=O)O)o2)c(C)c1. The molecule has 0 saturated carbocycles. The van der Waals surface area contributed by atoms with Crippen LogP contribution in [0.25, 0.3) is 17.4 Å². The van der Waals surface area contributed by atoms with Crippen LogP contribution in [0.2, 0.25) is 0 Å². The van der Waals surface area contributed by atoms with E-state index in [1.165, 1.54) is 12.1 Å². The summed E-state index contributed by atoms with van der Waals surface area (Å²) in [5, 5.41) is 21.4. The van der Waals surface area contributed by atoms with E-state index >= 15 is 0 Å². The molecule has 1 heterocycles. The number of carboxylic acid groups (broad SMARTS) is 1. The molecule has 2 aromatic carbocycles. The number of nitrogens with one attached hydrogen (secondary N) is 1. The predicted molar refractivity (Wildman–Crippen MR) is 109 cm³/mol. The molecule has 0 fully saturated rings. The number of nitrogens with zero attached hydrogens (tertiary/aromatic N) is 1. The van der Waals surface area contributed by atoms with Gasteiger partial charge >= 0.3 is 5.97 Å². The number of benzene rings is 2. The lowest BCUT2D eigenvalue weighted by atomic mass is 10.1. The average molecular weight is 386 g/mol. The molecule has 6 heteroatoms. The van der Waals surface area contributed by atoms with Gasteiger partial charge in [-0.05, 0) is 43.7 Å². The number of aryl methyl sites for hydroxylation is 2. The fraction of sp³-hybridized carbons (Fsp3) is 0.0870. The van der Waals surface area contributed by atoms with Gasteiger partial charge in [-0.2, -0.15) is 5.26 Å². The lowest BCUT2D eigenvalue weighted by Crippen LogP contribution is -2.14. The zero-order valence-corrected chi connectivity index (χ0v) is 15.9. The zero-order chi connectivity index (χ0) is 21.0. The molecule has 6 nitrogen and oxygen atoms in total. The molecule has 0 aliphatic rings. The number of furan rings is 1. The number of anilines is 1. The largest absolute Gasteiger partial charge is 0.478 e. The molecule has 0 saturated heterocycles. The Hall–Kier alpha value is -4.11. The first kappa shape index (κ1) is 19.6. The Kier molecular flexibility index (Phi) is 5.61. The minimum atomic E-state index is -1.07. The summed E-state index contributed by atoms with van der Waals surface area (Å²) < 4.78 is 5.66. The lowest BCUT2D eigenvalue weighted by Gasteiger charge is -2.08. The van der Waals surface area contributed by atoms with Crippen molar-refractivity contribution in [1.29, 1.82) is 5.26 Å². The van der Waals surface area contributed by atoms with Crippen molar-refractivity contribution in [3.63, 3.8) is 0 Å². The molecule has 144 valence electrons. The second kappa shape index (κ2) is 8.28. The quantitative estimate of drug-likeness (QED) is 0.484. The van der Waals surface area contributed by atoms with Gasteiger partial charge in [-0.25, -0.2) is 4.79 Å². The van der Waals surface area contributed by atoms with E-state index in [2.05, 4.69) is 5.32 Å². The first-order valence-electron chi connectivity index (χ1n) is 8.82. The van der Waals surface area contributed by atoms with Gasteiger partial charge in [0.05, 0.1) is 5.56 Å². The van der Waals surface area contributed by atoms with E-state index in [1.807, 2.05) is 32.0 Å². The van der Waals surface area contributed by atoms with Crippen LogP contribution < -0.4 is 5.32 Å². The summed E-state index contributed by atoms with van der Waals surface area (Å²) >= 11 is 0. The first-order valence-corrected chi connectivity index (χ1v) is 8.82. The monoisotopic (exact) mass is 386 g/mol. The van der Waals surface area contributed by atoms with Gasteiger partial charge in [0, 0.05) is 17.3 Å². The smallest absolute Gasteiger partial charge is 0.336 e. The van der Waals surface area contributed by atoms with Gasteiger partial charge in [-0.1, -0.05) is 35.9 Å². The lowest BCUT2D eigenvalue weighted by molar-refractivity contribution is -0.112. The van der Waals surface area contributed by atoms with Crippen molar-refractivity contribution in [3.8, 4) is 17.4 Å². The maximum atomic E-state index is 12.5. The summed E-state index contributed by atoms with van der Waals surface area (Å²) in [6, 6.07) is 17.1. The number of carboxylic acids is 1. The Morgan fingerprint density at radius 3 is 2.55 bits per heavy atom. The summed E-state index contributed by atoms with van der Waals surface area (Å²) in [5.74, 6) is -1.02. The van der Waals surface area contributed by atoms with Crippen molar-refractivity contribution in [1.82, 2.24) is 0 Å². The van der Waals surface area contributed by atoms with Crippen molar-refractivity contribution >= 4 is 23.6 Å². The van der Waals surface area contributed by atoms with Gasteiger partial charge < -0.3 is 14.8 Å². The van der Waals surface area contributed by atoms with Gasteiger partial charge in [0.15, 0.2) is 0 Å². The van der Waals surface area contributed by atoms with E-state index in [9.17, 15) is 20.0 Å². The molecule has 0 aliphatic heterocycles. The normalized spacial score (nSPS) is 11.0. The fourth-order valence-corrected chi connectivity index (χ4v) is 2.89. The molecule has 0 unspecified atom stereocenters. The second-order valence-corrected chi connectivity index (χ2v) is 6.50. The third-order valence-corrected chi connectivity index (χ3v) is 4.33. The van der Waals surface area contributed by atoms with Gasteiger partial charge in [0.25, 0.3) is 5.91 Å². The Morgan fingerprint density at radius 1 is 1.10 bits per heavy atom. The standard InChI is InChI=1S/C23H18N2O4/c1-14-7-9-20(15(2)11-14)25-22(26)16(13-24)12-17-8-10-21(29-17)18-5-3-4-6-19(18)23(27)28/h3-12H,1-2H3,(H,25,26)(H,27,28)/b16-12-. The van der Waals surface area contributed by atoms with E-state index in [-0.39, 0.29) is 16.9 Å². The first-order chi connectivity index (χ1) is 13.9. The summed E-state index contributed by atoms with van der Waals surface area (Å²) in [7, 11) is 0. The highest BCUT2D eigenvalue weighted by molar-refractivity contribution is 6.09. The van der Waals surface area contributed by atoms with Crippen molar-refractivity contribution in [2.45, 2.75) is 13.8 Å². The topological polar surface area (TPSA) is 103 Å². The molecule has 0 spiro atoms. The number of carbonyl (C=O) groups excluding carboxylic acids is 1. The Bertz CT molecular complexity index is 1170. The van der Waals surface area contributed by atoms with E-state index in [1.54, 1.807) is 36.4 Å². The molecule has 3 aromatic rings. The molecule has 1 amide bonds. The van der Waals surface area contributed by atoms with Gasteiger partial charge in [0.2, 0.25) is 0 Å². The number of nitriles is 1.